The minimum absolute atomic E-state index is 0.00132. The molecule has 144 valence electrons. The fourth-order valence-corrected chi connectivity index (χ4v) is 3.56. The highest BCUT2D eigenvalue weighted by molar-refractivity contribution is 6.32. The average Bonchev–Trinajstić information content (AvgIpc) is 2.64. The van der Waals surface area contributed by atoms with Crippen molar-refractivity contribution in [3.63, 3.8) is 0 Å². The number of hydrogen-bond donors (Lipinski definition) is 1. The summed E-state index contributed by atoms with van der Waals surface area (Å²) in [6, 6.07) is 11.4. The van der Waals surface area contributed by atoms with Gasteiger partial charge in [-0.1, -0.05) is 23.7 Å². The van der Waals surface area contributed by atoms with Crippen LogP contribution in [0.3, 0.4) is 0 Å². The van der Waals surface area contributed by atoms with Crippen LogP contribution in [0.1, 0.15) is 32.3 Å². The number of anilines is 1. The molecule has 0 saturated carbocycles. The highest BCUT2D eigenvalue weighted by atomic mass is 35.5. The summed E-state index contributed by atoms with van der Waals surface area (Å²) in [5, 5.41) is 3.36. The Balaban J connectivity index is 1.86. The van der Waals surface area contributed by atoms with Gasteiger partial charge in [-0.2, -0.15) is 0 Å². The van der Waals surface area contributed by atoms with Crippen LogP contribution in [0.25, 0.3) is 0 Å². The van der Waals surface area contributed by atoms with Gasteiger partial charge in [0.25, 0.3) is 0 Å². The first-order valence-corrected chi connectivity index (χ1v) is 9.40. The van der Waals surface area contributed by atoms with Gasteiger partial charge in [-0.25, -0.2) is 4.39 Å². The van der Waals surface area contributed by atoms with Crippen LogP contribution >= 0.6 is 11.6 Å². The maximum Gasteiger partial charge on any atom is 0.235 e. The summed E-state index contributed by atoms with van der Waals surface area (Å²) >= 11 is 6.27. The first-order chi connectivity index (χ1) is 12.9. The minimum Gasteiger partial charge on any atom is -0.489 e. The SMILES string of the molecule is CC(C)Oc1ccc(NC(=O)C2(c3cccc(F)c3)CCOCC2)cc1Cl. The lowest BCUT2D eigenvalue weighted by Gasteiger charge is -2.36. The quantitative estimate of drug-likeness (QED) is 0.784. The van der Waals surface area contributed by atoms with Gasteiger partial charge in [-0.15, -0.1) is 0 Å². The molecule has 0 aromatic heterocycles. The summed E-state index contributed by atoms with van der Waals surface area (Å²) in [6.07, 6.45) is 0.983. The minimum atomic E-state index is -0.833. The van der Waals surface area contributed by atoms with E-state index in [0.29, 0.717) is 48.1 Å². The first-order valence-electron chi connectivity index (χ1n) is 9.02. The molecule has 0 spiro atoms. The van der Waals surface area contributed by atoms with E-state index in [1.165, 1.54) is 12.1 Å². The zero-order chi connectivity index (χ0) is 19.4. The van der Waals surface area contributed by atoms with Gasteiger partial charge in [0.1, 0.15) is 11.6 Å². The molecule has 0 unspecified atom stereocenters. The maximum atomic E-state index is 13.8. The van der Waals surface area contributed by atoms with Gasteiger partial charge < -0.3 is 14.8 Å². The van der Waals surface area contributed by atoms with Gasteiger partial charge in [0.15, 0.2) is 0 Å². The number of ether oxygens (including phenoxy) is 2. The van der Waals surface area contributed by atoms with Crippen molar-refractivity contribution in [2.24, 2.45) is 0 Å². The predicted molar refractivity (Wildman–Crippen MR) is 104 cm³/mol. The lowest BCUT2D eigenvalue weighted by Crippen LogP contribution is -2.44. The van der Waals surface area contributed by atoms with Gasteiger partial charge in [0.05, 0.1) is 16.5 Å². The van der Waals surface area contributed by atoms with Crippen LogP contribution in [-0.2, 0) is 14.9 Å². The number of halogens is 2. The zero-order valence-electron chi connectivity index (χ0n) is 15.4. The molecule has 0 atom stereocenters. The van der Waals surface area contributed by atoms with E-state index in [2.05, 4.69) is 5.32 Å². The number of rotatable bonds is 5. The molecule has 2 aromatic carbocycles. The van der Waals surface area contributed by atoms with E-state index < -0.39 is 5.41 Å². The molecule has 0 aliphatic carbocycles. The Hall–Kier alpha value is -2.11. The van der Waals surface area contributed by atoms with Crippen molar-refractivity contribution in [3.05, 3.63) is 58.9 Å². The summed E-state index contributed by atoms with van der Waals surface area (Å²) in [4.78, 5) is 13.2. The van der Waals surface area contributed by atoms with Gasteiger partial charge in [-0.3, -0.25) is 4.79 Å². The summed E-state index contributed by atoms with van der Waals surface area (Å²) in [5.74, 6) is 0.0185. The molecule has 0 radical (unpaired) electrons. The van der Waals surface area contributed by atoms with Crippen molar-refractivity contribution in [2.75, 3.05) is 18.5 Å². The molecule has 1 aliphatic heterocycles. The summed E-state index contributed by atoms with van der Waals surface area (Å²) in [7, 11) is 0. The van der Waals surface area contributed by atoms with Crippen LogP contribution < -0.4 is 10.1 Å². The van der Waals surface area contributed by atoms with Crippen molar-refractivity contribution in [1.29, 1.82) is 0 Å². The Bertz CT molecular complexity index is 819. The van der Waals surface area contributed by atoms with E-state index in [-0.39, 0.29) is 17.8 Å². The van der Waals surface area contributed by atoms with Gasteiger partial charge in [0.2, 0.25) is 5.91 Å². The molecule has 1 saturated heterocycles. The maximum absolute atomic E-state index is 13.8. The fourth-order valence-electron chi connectivity index (χ4n) is 3.33. The normalized spacial score (nSPS) is 16.2. The van der Waals surface area contributed by atoms with Crippen molar-refractivity contribution < 1.29 is 18.7 Å². The van der Waals surface area contributed by atoms with Gasteiger partial charge in [-0.05, 0) is 62.6 Å². The molecule has 0 bridgehead atoms. The molecular formula is C21H23ClFNO3. The van der Waals surface area contributed by atoms with Crippen LogP contribution in [0.4, 0.5) is 10.1 Å². The average molecular weight is 392 g/mol. The molecule has 1 heterocycles. The van der Waals surface area contributed by atoms with E-state index in [0.717, 1.165) is 0 Å². The number of benzene rings is 2. The summed E-state index contributed by atoms with van der Waals surface area (Å²) < 4.78 is 24.8. The van der Waals surface area contributed by atoms with Crippen molar-refractivity contribution in [2.45, 2.75) is 38.2 Å². The number of hydrogen-bond acceptors (Lipinski definition) is 3. The Morgan fingerprint density at radius 2 is 1.96 bits per heavy atom. The highest BCUT2D eigenvalue weighted by Crippen LogP contribution is 2.37. The molecule has 1 aliphatic rings. The van der Waals surface area contributed by atoms with Crippen LogP contribution in [0.2, 0.25) is 5.02 Å². The van der Waals surface area contributed by atoms with E-state index in [1.54, 1.807) is 30.3 Å². The zero-order valence-corrected chi connectivity index (χ0v) is 16.2. The summed E-state index contributed by atoms with van der Waals surface area (Å²) in [6.45, 7) is 4.73. The second kappa shape index (κ2) is 8.28. The van der Waals surface area contributed by atoms with Crippen molar-refractivity contribution in [1.82, 2.24) is 0 Å². The van der Waals surface area contributed by atoms with Crippen LogP contribution in [-0.4, -0.2) is 25.2 Å². The number of carbonyl (C=O) groups excluding carboxylic acids is 1. The molecule has 1 N–H and O–H groups in total. The van der Waals surface area contributed by atoms with Crippen molar-refractivity contribution >= 4 is 23.2 Å². The second-order valence-electron chi connectivity index (χ2n) is 6.97. The second-order valence-corrected chi connectivity index (χ2v) is 7.38. The number of amides is 1. The molecular weight excluding hydrogens is 369 g/mol. The van der Waals surface area contributed by atoms with Crippen LogP contribution in [0.5, 0.6) is 5.75 Å². The van der Waals surface area contributed by atoms with Gasteiger partial charge >= 0.3 is 0 Å². The molecule has 1 amide bonds. The third-order valence-corrected chi connectivity index (χ3v) is 5.01. The van der Waals surface area contributed by atoms with Gasteiger partial charge in [0, 0.05) is 18.9 Å². The smallest absolute Gasteiger partial charge is 0.235 e. The topological polar surface area (TPSA) is 47.6 Å². The Kier molecular flexibility index (Phi) is 6.02. The largest absolute Gasteiger partial charge is 0.489 e. The third kappa shape index (κ3) is 4.42. The number of carbonyl (C=O) groups is 1. The van der Waals surface area contributed by atoms with Crippen LogP contribution in [0, 0.1) is 5.82 Å². The number of nitrogens with one attached hydrogen (secondary N) is 1. The molecule has 1 fully saturated rings. The summed E-state index contributed by atoms with van der Waals surface area (Å²) in [5.41, 5.74) is 0.400. The lowest BCUT2D eigenvalue weighted by atomic mass is 9.73. The Labute approximate surface area is 163 Å². The Morgan fingerprint density at radius 1 is 1.22 bits per heavy atom. The van der Waals surface area contributed by atoms with Crippen molar-refractivity contribution in [3.8, 4) is 5.75 Å². The first kappa shape index (κ1) is 19.6. The van der Waals surface area contributed by atoms with E-state index >= 15 is 0 Å². The van der Waals surface area contributed by atoms with E-state index in [1.807, 2.05) is 13.8 Å². The monoisotopic (exact) mass is 391 g/mol. The lowest BCUT2D eigenvalue weighted by molar-refractivity contribution is -0.125. The molecule has 6 heteroatoms. The Morgan fingerprint density at radius 3 is 2.59 bits per heavy atom. The molecule has 27 heavy (non-hydrogen) atoms. The predicted octanol–water partition coefficient (Wildman–Crippen LogP) is 4.95. The molecule has 4 nitrogen and oxygen atoms in total. The van der Waals surface area contributed by atoms with E-state index in [4.69, 9.17) is 21.1 Å². The fraction of sp³-hybridized carbons (Fsp3) is 0.381. The van der Waals surface area contributed by atoms with E-state index in [9.17, 15) is 9.18 Å². The molecule has 2 aromatic rings. The van der Waals surface area contributed by atoms with Crippen LogP contribution in [0.15, 0.2) is 42.5 Å². The standard InChI is InChI=1S/C21H23ClFNO3/c1-14(2)27-19-7-6-17(13-18(19)22)24-20(25)21(8-10-26-11-9-21)15-4-3-5-16(23)12-15/h3-7,12-14H,8-11H2,1-2H3,(H,24,25). The molecule has 3 rings (SSSR count). The third-order valence-electron chi connectivity index (χ3n) is 4.71. The highest BCUT2D eigenvalue weighted by Gasteiger charge is 2.42.